The Morgan fingerprint density at radius 2 is 1.76 bits per heavy atom. The molecule has 2 nitrogen and oxygen atoms in total. The van der Waals surface area contributed by atoms with Crippen molar-refractivity contribution in [3.8, 4) is 0 Å². The van der Waals surface area contributed by atoms with Crippen LogP contribution in [0.2, 0.25) is 0 Å². The number of aryl methyl sites for hydroxylation is 3. The highest BCUT2D eigenvalue weighted by atomic mass is 32.2. The van der Waals surface area contributed by atoms with Crippen LogP contribution < -0.4 is 5.73 Å². The zero-order chi connectivity index (χ0) is 13.0. The van der Waals surface area contributed by atoms with Crippen molar-refractivity contribution < 1.29 is 5.11 Å². The quantitative estimate of drug-likeness (QED) is 0.848. The van der Waals surface area contributed by atoms with Gasteiger partial charge in [0.05, 0.1) is 6.61 Å². The first-order chi connectivity index (χ1) is 7.95. The van der Waals surface area contributed by atoms with E-state index in [2.05, 4.69) is 32.9 Å². The molecule has 0 saturated heterocycles. The largest absolute Gasteiger partial charge is 0.395 e. The van der Waals surface area contributed by atoms with Gasteiger partial charge in [-0.1, -0.05) is 24.6 Å². The fraction of sp³-hybridized carbons (Fsp3) is 0.571. The van der Waals surface area contributed by atoms with Gasteiger partial charge in [0, 0.05) is 17.0 Å². The van der Waals surface area contributed by atoms with Crippen molar-refractivity contribution in [3.05, 3.63) is 34.4 Å². The number of thioether (sulfide) groups is 1. The van der Waals surface area contributed by atoms with Crippen LogP contribution in [-0.2, 0) is 0 Å². The van der Waals surface area contributed by atoms with Crippen molar-refractivity contribution in [2.24, 2.45) is 5.73 Å². The fourth-order valence-electron chi connectivity index (χ4n) is 2.18. The summed E-state index contributed by atoms with van der Waals surface area (Å²) in [6, 6.07) is 4.42. The van der Waals surface area contributed by atoms with Crippen molar-refractivity contribution in [1.82, 2.24) is 0 Å². The summed E-state index contributed by atoms with van der Waals surface area (Å²) < 4.78 is 0. The molecule has 0 amide bonds. The Morgan fingerprint density at radius 1 is 1.24 bits per heavy atom. The number of hydrogen-bond donors (Lipinski definition) is 2. The van der Waals surface area contributed by atoms with E-state index in [0.717, 1.165) is 5.75 Å². The highest BCUT2D eigenvalue weighted by Gasteiger charge is 2.13. The molecule has 0 heterocycles. The lowest BCUT2D eigenvalue weighted by Crippen LogP contribution is -2.18. The summed E-state index contributed by atoms with van der Waals surface area (Å²) in [5.74, 6) is 0.854. The minimum absolute atomic E-state index is 0.0506. The van der Waals surface area contributed by atoms with Crippen LogP contribution in [0.15, 0.2) is 12.1 Å². The van der Waals surface area contributed by atoms with E-state index in [-0.39, 0.29) is 17.9 Å². The van der Waals surface area contributed by atoms with Crippen molar-refractivity contribution in [3.63, 3.8) is 0 Å². The lowest BCUT2D eigenvalue weighted by atomic mass is 9.95. The van der Waals surface area contributed by atoms with Crippen molar-refractivity contribution in [2.75, 3.05) is 12.4 Å². The second-order valence-corrected chi connectivity index (χ2v) is 6.22. The molecule has 96 valence electrons. The highest BCUT2D eigenvalue weighted by molar-refractivity contribution is 7.99. The number of aliphatic hydroxyl groups is 1. The summed E-state index contributed by atoms with van der Waals surface area (Å²) in [6.07, 6.45) is 0. The van der Waals surface area contributed by atoms with Crippen LogP contribution in [0.3, 0.4) is 0 Å². The normalized spacial score (nSPS) is 14.7. The standard InChI is InChI=1S/C14H23NOS/c1-9-5-10(2)14(11(3)6-9)13(15)8-17-12(4)7-16/h5-6,12-13,16H,7-8,15H2,1-4H3. The Morgan fingerprint density at radius 3 is 2.24 bits per heavy atom. The Balaban J connectivity index is 2.78. The Hall–Kier alpha value is -0.510. The van der Waals surface area contributed by atoms with Gasteiger partial charge in [0.15, 0.2) is 0 Å². The molecule has 0 radical (unpaired) electrons. The van der Waals surface area contributed by atoms with Gasteiger partial charge in [0.2, 0.25) is 0 Å². The monoisotopic (exact) mass is 253 g/mol. The van der Waals surface area contributed by atoms with Crippen LogP contribution in [0.25, 0.3) is 0 Å². The van der Waals surface area contributed by atoms with Gasteiger partial charge in [-0.3, -0.25) is 0 Å². The van der Waals surface area contributed by atoms with E-state index < -0.39 is 0 Å². The summed E-state index contributed by atoms with van der Waals surface area (Å²) >= 11 is 1.73. The van der Waals surface area contributed by atoms with E-state index in [0.29, 0.717) is 0 Å². The van der Waals surface area contributed by atoms with E-state index in [1.165, 1.54) is 22.3 Å². The number of rotatable bonds is 5. The molecule has 0 aromatic heterocycles. The van der Waals surface area contributed by atoms with Gasteiger partial charge >= 0.3 is 0 Å². The fourth-order valence-corrected chi connectivity index (χ4v) is 2.99. The Kier molecular flexibility index (Phi) is 5.50. The molecule has 2 atom stereocenters. The molecule has 0 spiro atoms. The second-order valence-electron chi connectivity index (χ2n) is 4.75. The molecule has 0 aliphatic rings. The van der Waals surface area contributed by atoms with Crippen LogP contribution >= 0.6 is 11.8 Å². The lowest BCUT2D eigenvalue weighted by molar-refractivity contribution is 0.300. The van der Waals surface area contributed by atoms with Crippen LogP contribution in [-0.4, -0.2) is 22.7 Å². The number of aliphatic hydroxyl groups excluding tert-OH is 1. The first-order valence-electron chi connectivity index (χ1n) is 6.01. The molecule has 0 saturated carbocycles. The van der Waals surface area contributed by atoms with Crippen LogP contribution in [0.1, 0.15) is 35.2 Å². The van der Waals surface area contributed by atoms with E-state index in [1.807, 2.05) is 6.92 Å². The van der Waals surface area contributed by atoms with E-state index >= 15 is 0 Å². The second kappa shape index (κ2) is 6.43. The summed E-state index contributed by atoms with van der Waals surface area (Å²) in [6.45, 7) is 8.58. The van der Waals surface area contributed by atoms with E-state index in [1.54, 1.807) is 11.8 Å². The molecule has 0 aliphatic heterocycles. The minimum Gasteiger partial charge on any atom is -0.395 e. The highest BCUT2D eigenvalue weighted by Crippen LogP contribution is 2.25. The molecule has 0 fully saturated rings. The topological polar surface area (TPSA) is 46.2 Å². The maximum absolute atomic E-state index is 9.00. The third-order valence-corrected chi connectivity index (χ3v) is 4.20. The molecule has 0 bridgehead atoms. The number of nitrogens with two attached hydrogens (primary N) is 1. The predicted molar refractivity (Wildman–Crippen MR) is 76.6 cm³/mol. The van der Waals surface area contributed by atoms with Crippen LogP contribution in [0.4, 0.5) is 0 Å². The van der Waals surface area contributed by atoms with Gasteiger partial charge in [-0.2, -0.15) is 11.8 Å². The first kappa shape index (κ1) is 14.6. The van der Waals surface area contributed by atoms with Crippen molar-refractivity contribution in [1.29, 1.82) is 0 Å². The van der Waals surface area contributed by atoms with Gasteiger partial charge in [0.1, 0.15) is 0 Å². The van der Waals surface area contributed by atoms with Crippen molar-refractivity contribution in [2.45, 2.75) is 39.0 Å². The number of hydrogen-bond acceptors (Lipinski definition) is 3. The molecule has 0 aliphatic carbocycles. The molecular weight excluding hydrogens is 230 g/mol. The molecule has 2 unspecified atom stereocenters. The Labute approximate surface area is 109 Å². The molecule has 17 heavy (non-hydrogen) atoms. The zero-order valence-corrected chi connectivity index (χ0v) is 12.0. The van der Waals surface area contributed by atoms with Crippen LogP contribution in [0, 0.1) is 20.8 Å². The van der Waals surface area contributed by atoms with E-state index in [9.17, 15) is 0 Å². The van der Waals surface area contributed by atoms with Gasteiger partial charge in [-0.05, 0) is 37.5 Å². The molecule has 1 aromatic carbocycles. The van der Waals surface area contributed by atoms with E-state index in [4.69, 9.17) is 10.8 Å². The predicted octanol–water partition coefficient (Wildman–Crippen LogP) is 2.73. The maximum atomic E-state index is 9.00. The molecule has 3 N–H and O–H groups in total. The summed E-state index contributed by atoms with van der Waals surface area (Å²) in [5, 5.41) is 9.26. The molecule has 1 aromatic rings. The molecule has 1 rings (SSSR count). The van der Waals surface area contributed by atoms with Gasteiger partial charge in [-0.15, -0.1) is 0 Å². The first-order valence-corrected chi connectivity index (χ1v) is 7.06. The minimum atomic E-state index is 0.0506. The molecule has 3 heteroatoms. The van der Waals surface area contributed by atoms with Crippen molar-refractivity contribution >= 4 is 11.8 Å². The maximum Gasteiger partial charge on any atom is 0.0547 e. The van der Waals surface area contributed by atoms with Crippen LogP contribution in [0.5, 0.6) is 0 Å². The third-order valence-electron chi connectivity index (χ3n) is 2.93. The van der Waals surface area contributed by atoms with Gasteiger partial charge in [-0.25, -0.2) is 0 Å². The third kappa shape index (κ3) is 4.02. The molecular formula is C14H23NOS. The average molecular weight is 253 g/mol. The Bertz CT molecular complexity index is 355. The lowest BCUT2D eigenvalue weighted by Gasteiger charge is -2.19. The smallest absolute Gasteiger partial charge is 0.0547 e. The summed E-state index contributed by atoms with van der Waals surface area (Å²) in [7, 11) is 0. The number of benzene rings is 1. The zero-order valence-electron chi connectivity index (χ0n) is 11.2. The average Bonchev–Trinajstić information content (AvgIpc) is 2.24. The SMILES string of the molecule is Cc1cc(C)c(C(N)CSC(C)CO)c(C)c1. The summed E-state index contributed by atoms with van der Waals surface area (Å²) in [4.78, 5) is 0. The van der Waals surface area contributed by atoms with Gasteiger partial charge in [0.25, 0.3) is 0 Å². The summed E-state index contributed by atoms with van der Waals surface area (Å²) in [5.41, 5.74) is 11.3. The van der Waals surface area contributed by atoms with Gasteiger partial charge < -0.3 is 10.8 Å².